The van der Waals surface area contributed by atoms with E-state index >= 15 is 0 Å². The molecule has 0 aliphatic carbocycles. The van der Waals surface area contributed by atoms with Gasteiger partial charge >= 0.3 is 0 Å². The highest BCUT2D eigenvalue weighted by Crippen LogP contribution is 2.27. The molecule has 0 aliphatic heterocycles. The maximum atomic E-state index is 13.4. The summed E-state index contributed by atoms with van der Waals surface area (Å²) in [6.07, 6.45) is 0. The third-order valence-electron chi connectivity index (χ3n) is 2.10. The Morgan fingerprint density at radius 1 is 1.12 bits per heavy atom. The van der Waals surface area contributed by atoms with Crippen LogP contribution in [0.2, 0.25) is 0 Å². The third-order valence-corrected chi connectivity index (χ3v) is 2.10. The Balaban J connectivity index is 2.32. The highest BCUT2D eigenvalue weighted by atomic mass is 19.1. The lowest BCUT2D eigenvalue weighted by molar-refractivity contribution is -0.385. The first-order valence-electron chi connectivity index (χ1n) is 4.83. The van der Waals surface area contributed by atoms with Crippen LogP contribution in [-0.2, 0) is 0 Å². The summed E-state index contributed by atoms with van der Waals surface area (Å²) in [6, 6.07) is 11.7. The van der Waals surface area contributed by atoms with E-state index in [1.165, 1.54) is 0 Å². The molecular weight excluding hydrogens is 225 g/mol. The summed E-state index contributed by atoms with van der Waals surface area (Å²) in [5, 5.41) is 10.5. The van der Waals surface area contributed by atoms with Gasteiger partial charge in [-0.2, -0.15) is 0 Å². The summed E-state index contributed by atoms with van der Waals surface area (Å²) < 4.78 is 18.6. The van der Waals surface area contributed by atoms with Crippen molar-refractivity contribution in [1.82, 2.24) is 0 Å². The fourth-order valence-corrected chi connectivity index (χ4v) is 1.30. The lowest BCUT2D eigenvalue weighted by atomic mass is 10.3. The predicted octanol–water partition coefficient (Wildman–Crippen LogP) is 3.53. The van der Waals surface area contributed by atoms with Gasteiger partial charge in [0.1, 0.15) is 5.75 Å². The lowest BCUT2D eigenvalue weighted by Crippen LogP contribution is -1.92. The number of nitro benzene ring substituents is 1. The molecule has 0 aromatic heterocycles. The summed E-state index contributed by atoms with van der Waals surface area (Å²) in [6.45, 7) is 0. The van der Waals surface area contributed by atoms with Crippen molar-refractivity contribution in [2.24, 2.45) is 0 Å². The van der Waals surface area contributed by atoms with E-state index in [1.54, 1.807) is 30.3 Å². The zero-order chi connectivity index (χ0) is 12.3. The number of nitrogens with zero attached hydrogens (tertiary/aromatic N) is 1. The molecular formula is C12H8FNO3. The van der Waals surface area contributed by atoms with Crippen molar-refractivity contribution in [3.05, 3.63) is 64.5 Å². The summed E-state index contributed by atoms with van der Waals surface area (Å²) >= 11 is 0. The first kappa shape index (κ1) is 11.1. The summed E-state index contributed by atoms with van der Waals surface area (Å²) in [7, 11) is 0. The van der Waals surface area contributed by atoms with Crippen molar-refractivity contribution < 1.29 is 14.1 Å². The molecule has 0 N–H and O–H groups in total. The van der Waals surface area contributed by atoms with E-state index in [9.17, 15) is 14.5 Å². The van der Waals surface area contributed by atoms with Gasteiger partial charge in [0.2, 0.25) is 0 Å². The van der Waals surface area contributed by atoms with Crippen molar-refractivity contribution >= 4 is 5.69 Å². The van der Waals surface area contributed by atoms with Gasteiger partial charge in [-0.25, -0.2) is 4.39 Å². The molecule has 2 aromatic rings. The molecule has 0 saturated carbocycles. The second-order valence-corrected chi connectivity index (χ2v) is 3.29. The number of non-ortho nitro benzene ring substituents is 1. The quantitative estimate of drug-likeness (QED) is 0.602. The maximum absolute atomic E-state index is 13.4. The largest absolute Gasteiger partial charge is 0.454 e. The lowest BCUT2D eigenvalue weighted by Gasteiger charge is -2.05. The summed E-state index contributed by atoms with van der Waals surface area (Å²) in [4.78, 5) is 9.94. The van der Waals surface area contributed by atoms with Gasteiger partial charge in [0.05, 0.1) is 11.0 Å². The monoisotopic (exact) mass is 233 g/mol. The number of benzene rings is 2. The first-order chi connectivity index (χ1) is 8.16. The molecule has 17 heavy (non-hydrogen) atoms. The van der Waals surface area contributed by atoms with E-state index < -0.39 is 10.7 Å². The molecule has 2 aromatic carbocycles. The molecule has 0 fully saturated rings. The fourth-order valence-electron chi connectivity index (χ4n) is 1.30. The molecule has 4 nitrogen and oxygen atoms in total. The van der Waals surface area contributed by atoms with Crippen LogP contribution in [0.25, 0.3) is 0 Å². The number of halogens is 1. The summed E-state index contributed by atoms with van der Waals surface area (Å²) in [5.41, 5.74) is -0.211. The third kappa shape index (κ3) is 2.57. The van der Waals surface area contributed by atoms with E-state index in [-0.39, 0.29) is 11.4 Å². The van der Waals surface area contributed by atoms with Crippen LogP contribution in [0, 0.1) is 15.9 Å². The van der Waals surface area contributed by atoms with Gasteiger partial charge in [-0.1, -0.05) is 18.2 Å². The Bertz CT molecular complexity index is 543. The minimum Gasteiger partial charge on any atom is -0.454 e. The van der Waals surface area contributed by atoms with Crippen molar-refractivity contribution in [2.75, 3.05) is 0 Å². The van der Waals surface area contributed by atoms with Gasteiger partial charge in [-0.3, -0.25) is 10.1 Å². The van der Waals surface area contributed by atoms with E-state index in [1.807, 2.05) is 0 Å². The highest BCUT2D eigenvalue weighted by molar-refractivity contribution is 5.41. The number of nitro groups is 1. The average Bonchev–Trinajstić information content (AvgIpc) is 2.33. The number of ether oxygens (including phenoxy) is 1. The van der Waals surface area contributed by atoms with Gasteiger partial charge in [-0.05, 0) is 18.2 Å². The van der Waals surface area contributed by atoms with Crippen LogP contribution >= 0.6 is 0 Å². The molecule has 0 bridgehead atoms. The van der Waals surface area contributed by atoms with Crippen LogP contribution in [0.1, 0.15) is 0 Å². The highest BCUT2D eigenvalue weighted by Gasteiger charge is 2.12. The van der Waals surface area contributed by atoms with E-state index in [0.29, 0.717) is 5.75 Å². The van der Waals surface area contributed by atoms with Crippen LogP contribution in [0.15, 0.2) is 48.5 Å². The smallest absolute Gasteiger partial charge is 0.273 e. The zero-order valence-electron chi connectivity index (χ0n) is 8.67. The molecule has 0 radical (unpaired) electrons. The Morgan fingerprint density at radius 2 is 1.82 bits per heavy atom. The van der Waals surface area contributed by atoms with Crippen molar-refractivity contribution in [3.8, 4) is 11.5 Å². The van der Waals surface area contributed by atoms with E-state index in [4.69, 9.17) is 4.74 Å². The molecule has 0 unspecified atom stereocenters. The number of hydrogen-bond acceptors (Lipinski definition) is 3. The standard InChI is InChI=1S/C12H8FNO3/c13-11-7-6-9(14(15)16)8-12(11)17-10-4-2-1-3-5-10/h1-8H. The van der Waals surface area contributed by atoms with E-state index in [2.05, 4.69) is 0 Å². The molecule has 5 heteroatoms. The SMILES string of the molecule is O=[N+]([O-])c1ccc(F)c(Oc2ccccc2)c1. The van der Waals surface area contributed by atoms with Gasteiger partial charge in [0.25, 0.3) is 5.69 Å². The first-order valence-corrected chi connectivity index (χ1v) is 4.83. The second-order valence-electron chi connectivity index (χ2n) is 3.29. The fraction of sp³-hybridized carbons (Fsp3) is 0. The van der Waals surface area contributed by atoms with Crippen LogP contribution in [0.3, 0.4) is 0 Å². The molecule has 0 saturated heterocycles. The molecule has 86 valence electrons. The van der Waals surface area contributed by atoms with E-state index in [0.717, 1.165) is 18.2 Å². The van der Waals surface area contributed by atoms with Crippen LogP contribution in [-0.4, -0.2) is 4.92 Å². The summed E-state index contributed by atoms with van der Waals surface area (Å²) in [5.74, 6) is -0.378. The molecule has 0 aliphatic rings. The topological polar surface area (TPSA) is 52.4 Å². The average molecular weight is 233 g/mol. The van der Waals surface area contributed by atoms with Gasteiger partial charge in [0, 0.05) is 6.07 Å². The Morgan fingerprint density at radius 3 is 2.47 bits per heavy atom. The molecule has 2 rings (SSSR count). The Kier molecular flexibility index (Phi) is 3.00. The molecule has 0 spiro atoms. The maximum Gasteiger partial charge on any atom is 0.273 e. The number of hydrogen-bond donors (Lipinski definition) is 0. The molecule has 0 heterocycles. The van der Waals surface area contributed by atoms with Crippen molar-refractivity contribution in [2.45, 2.75) is 0 Å². The minimum atomic E-state index is -0.639. The predicted molar refractivity (Wildman–Crippen MR) is 59.6 cm³/mol. The minimum absolute atomic E-state index is 0.162. The Labute approximate surface area is 96.4 Å². The van der Waals surface area contributed by atoms with Gasteiger partial charge in [-0.15, -0.1) is 0 Å². The van der Waals surface area contributed by atoms with Crippen LogP contribution < -0.4 is 4.74 Å². The van der Waals surface area contributed by atoms with Crippen molar-refractivity contribution in [3.63, 3.8) is 0 Å². The van der Waals surface area contributed by atoms with Crippen LogP contribution in [0.5, 0.6) is 11.5 Å². The van der Waals surface area contributed by atoms with Crippen molar-refractivity contribution in [1.29, 1.82) is 0 Å². The molecule has 0 atom stereocenters. The van der Waals surface area contributed by atoms with Gasteiger partial charge < -0.3 is 4.74 Å². The van der Waals surface area contributed by atoms with Crippen LogP contribution in [0.4, 0.5) is 10.1 Å². The number of rotatable bonds is 3. The zero-order valence-corrected chi connectivity index (χ0v) is 8.67. The van der Waals surface area contributed by atoms with Gasteiger partial charge in [0.15, 0.2) is 11.6 Å². The Hall–Kier alpha value is -2.43. The molecule has 0 amide bonds. The normalized spacial score (nSPS) is 9.94. The number of para-hydroxylation sites is 1. The second kappa shape index (κ2) is 4.61.